The molecule has 0 saturated carbocycles. The zero-order valence-corrected chi connectivity index (χ0v) is 35.3. The van der Waals surface area contributed by atoms with Gasteiger partial charge in [-0.15, -0.1) is 0 Å². The van der Waals surface area contributed by atoms with Crippen LogP contribution in [0.15, 0.2) is 65.6 Å². The molecule has 3 aromatic rings. The second-order valence-corrected chi connectivity index (χ2v) is 19.4. The molecule has 61 heavy (non-hydrogen) atoms. The number of rotatable bonds is 7. The van der Waals surface area contributed by atoms with Gasteiger partial charge >= 0.3 is 0 Å². The average Bonchev–Trinajstić information content (AvgIpc) is 3.80. The maximum Gasteiger partial charge on any atom is 0.262 e. The molecule has 5 fully saturated rings. The molecular weight excluding hydrogens is 820 g/mol. The van der Waals surface area contributed by atoms with Gasteiger partial charge < -0.3 is 14.7 Å². The van der Waals surface area contributed by atoms with E-state index in [2.05, 4.69) is 24.9 Å². The number of halogens is 1. The van der Waals surface area contributed by atoms with Crippen LogP contribution in [0.25, 0.3) is 4.85 Å². The zero-order chi connectivity index (χ0) is 42.6. The number of nitrogens with zero attached hydrogens (tertiary/aromatic N) is 7. The molecular formula is C44H47ClN8O7S. The van der Waals surface area contributed by atoms with Crippen molar-refractivity contribution >= 4 is 68.2 Å². The SMILES string of the molecule is [C-]#[N+]c1ccc(N2CCC3(CCN(S(=O)(=O)c4ccc(C(=O)N5CCN(C6CCN(c7ccc8c(c7)C(=O)N(C7CCC(=O)NC7=O)C8=O)CC6)CC5)cc4)CC3)C2)cc1Cl. The van der Waals surface area contributed by atoms with Crippen LogP contribution in [0.4, 0.5) is 17.1 Å². The molecule has 5 amide bonds. The van der Waals surface area contributed by atoms with E-state index in [0.29, 0.717) is 48.5 Å². The first kappa shape index (κ1) is 41.0. The molecule has 1 N–H and O–H groups in total. The van der Waals surface area contributed by atoms with Crippen LogP contribution in [-0.4, -0.2) is 134 Å². The summed E-state index contributed by atoms with van der Waals surface area (Å²) < 4.78 is 29.0. The summed E-state index contributed by atoms with van der Waals surface area (Å²) in [6.45, 7) is 13.9. The average molecular weight is 867 g/mol. The Morgan fingerprint density at radius 2 is 1.41 bits per heavy atom. The van der Waals surface area contributed by atoms with E-state index in [0.717, 1.165) is 87.6 Å². The maximum atomic E-state index is 13.7. The van der Waals surface area contributed by atoms with Gasteiger partial charge in [0, 0.05) is 99.9 Å². The Balaban J connectivity index is 0.740. The van der Waals surface area contributed by atoms with Crippen molar-refractivity contribution in [1.29, 1.82) is 0 Å². The number of piperidine rings is 3. The standard InChI is InChI=1S/C44H47ClN8O7S/c1-46-37-9-5-32(27-36(37)45)51-19-14-44(28-51)15-20-52(21-16-44)61(59,60)33-6-2-29(3-7-33)41(56)50-24-22-49(23-25-50)30-12-17-48(18-13-30)31-4-8-34-35(26-31)43(58)53(42(34)57)38-10-11-39(54)47-40(38)55/h2-9,26-27,30,38H,10-25,28H2,(H,47,54,55). The molecule has 0 aromatic heterocycles. The van der Waals surface area contributed by atoms with E-state index < -0.39 is 39.7 Å². The van der Waals surface area contributed by atoms with E-state index in [4.69, 9.17) is 18.2 Å². The zero-order valence-electron chi connectivity index (χ0n) is 33.7. The van der Waals surface area contributed by atoms with Crippen molar-refractivity contribution in [3.05, 3.63) is 93.8 Å². The van der Waals surface area contributed by atoms with E-state index in [1.165, 1.54) is 0 Å². The molecule has 318 valence electrons. The van der Waals surface area contributed by atoms with Gasteiger partial charge in [0.25, 0.3) is 17.7 Å². The van der Waals surface area contributed by atoms with Crippen LogP contribution in [0, 0.1) is 12.0 Å². The minimum atomic E-state index is -3.73. The Hall–Kier alpha value is -5.34. The maximum absolute atomic E-state index is 13.7. The number of hydrogen-bond acceptors (Lipinski definition) is 10. The fourth-order valence-electron chi connectivity index (χ4n) is 10.1. The number of hydrogen-bond donors (Lipinski definition) is 1. The van der Waals surface area contributed by atoms with Crippen LogP contribution in [-0.2, 0) is 19.6 Å². The van der Waals surface area contributed by atoms with Gasteiger partial charge in [0.1, 0.15) is 6.04 Å². The third kappa shape index (κ3) is 7.66. The van der Waals surface area contributed by atoms with Gasteiger partial charge in [-0.05, 0) is 98.5 Å². The number of carbonyl (C=O) groups excluding carboxylic acids is 5. The monoisotopic (exact) mass is 866 g/mol. The van der Waals surface area contributed by atoms with Crippen molar-refractivity contribution in [3.63, 3.8) is 0 Å². The van der Waals surface area contributed by atoms with Gasteiger partial charge in [0.15, 0.2) is 0 Å². The number of anilines is 2. The fourth-order valence-corrected chi connectivity index (χ4v) is 11.7. The first-order valence-electron chi connectivity index (χ1n) is 21.0. The van der Waals surface area contributed by atoms with Gasteiger partial charge in [-0.1, -0.05) is 17.7 Å². The second kappa shape index (κ2) is 16.2. The molecule has 6 heterocycles. The molecule has 6 aliphatic rings. The van der Waals surface area contributed by atoms with Crippen LogP contribution in [0.5, 0.6) is 0 Å². The topological polar surface area (TPSA) is 155 Å². The van der Waals surface area contributed by atoms with Crippen LogP contribution in [0.1, 0.15) is 76.0 Å². The van der Waals surface area contributed by atoms with Crippen molar-refractivity contribution < 1.29 is 32.4 Å². The molecule has 5 saturated heterocycles. The summed E-state index contributed by atoms with van der Waals surface area (Å²) in [4.78, 5) is 77.5. The van der Waals surface area contributed by atoms with Crippen molar-refractivity contribution in [1.82, 2.24) is 24.3 Å². The first-order chi connectivity index (χ1) is 29.3. The Bertz CT molecular complexity index is 2450. The lowest BCUT2D eigenvalue weighted by Crippen LogP contribution is -2.54. The van der Waals surface area contributed by atoms with E-state index in [1.54, 1.807) is 46.8 Å². The molecule has 3 aromatic carbocycles. The number of piperazine rings is 1. The number of sulfonamides is 1. The molecule has 1 atom stereocenters. The number of imide groups is 2. The Morgan fingerprint density at radius 1 is 0.754 bits per heavy atom. The fraction of sp³-hybridized carbons (Fsp3) is 0.455. The summed E-state index contributed by atoms with van der Waals surface area (Å²) in [5.74, 6) is -2.19. The van der Waals surface area contributed by atoms with E-state index in [9.17, 15) is 32.4 Å². The third-order valence-electron chi connectivity index (χ3n) is 13.7. The highest BCUT2D eigenvalue weighted by Crippen LogP contribution is 2.44. The molecule has 15 nitrogen and oxygen atoms in total. The summed E-state index contributed by atoms with van der Waals surface area (Å²) >= 11 is 6.30. The molecule has 0 bridgehead atoms. The lowest BCUT2D eigenvalue weighted by atomic mass is 9.78. The summed E-state index contributed by atoms with van der Waals surface area (Å²) in [7, 11) is -3.73. The van der Waals surface area contributed by atoms with E-state index in [1.807, 2.05) is 23.1 Å². The summed E-state index contributed by atoms with van der Waals surface area (Å²) in [6, 6.07) is 16.4. The highest BCUT2D eigenvalue weighted by atomic mass is 35.5. The second-order valence-electron chi connectivity index (χ2n) is 17.1. The van der Waals surface area contributed by atoms with Gasteiger partial charge in [0.05, 0.1) is 22.6 Å². The largest absolute Gasteiger partial charge is 0.371 e. The lowest BCUT2D eigenvalue weighted by Gasteiger charge is -2.43. The molecule has 0 radical (unpaired) electrons. The number of amides is 5. The molecule has 0 aliphatic carbocycles. The van der Waals surface area contributed by atoms with Crippen molar-refractivity contribution in [2.24, 2.45) is 5.41 Å². The quantitative estimate of drug-likeness (QED) is 0.267. The Kier molecular flexibility index (Phi) is 10.9. The highest BCUT2D eigenvalue weighted by molar-refractivity contribution is 7.89. The van der Waals surface area contributed by atoms with Gasteiger partial charge in [-0.3, -0.25) is 39.1 Å². The lowest BCUT2D eigenvalue weighted by molar-refractivity contribution is -0.136. The number of nitrogens with one attached hydrogen (secondary N) is 1. The van der Waals surface area contributed by atoms with Crippen LogP contribution >= 0.6 is 11.6 Å². The van der Waals surface area contributed by atoms with Crippen molar-refractivity contribution in [2.75, 3.05) is 75.2 Å². The van der Waals surface area contributed by atoms with E-state index >= 15 is 0 Å². The van der Waals surface area contributed by atoms with Gasteiger partial charge in [0.2, 0.25) is 27.5 Å². The minimum absolute atomic E-state index is 0.0239. The first-order valence-corrected chi connectivity index (χ1v) is 22.8. The van der Waals surface area contributed by atoms with Crippen LogP contribution < -0.4 is 15.1 Å². The normalized spacial score (nSPS) is 22.8. The molecule has 17 heteroatoms. The van der Waals surface area contributed by atoms with Gasteiger partial charge in [-0.2, -0.15) is 4.31 Å². The number of carbonyl (C=O) groups is 5. The number of benzene rings is 3. The van der Waals surface area contributed by atoms with Crippen LogP contribution in [0.3, 0.4) is 0 Å². The predicted octanol–water partition coefficient (Wildman–Crippen LogP) is 4.40. The molecule has 6 aliphatic heterocycles. The van der Waals surface area contributed by atoms with Crippen molar-refractivity contribution in [3.8, 4) is 0 Å². The van der Waals surface area contributed by atoms with Gasteiger partial charge in [-0.25, -0.2) is 13.3 Å². The Labute approximate surface area is 360 Å². The molecule has 1 spiro atoms. The highest BCUT2D eigenvalue weighted by Gasteiger charge is 2.46. The molecule has 1 unspecified atom stereocenters. The van der Waals surface area contributed by atoms with Crippen molar-refractivity contribution in [2.45, 2.75) is 61.9 Å². The van der Waals surface area contributed by atoms with Crippen LogP contribution in [0.2, 0.25) is 5.02 Å². The number of fused-ring (bicyclic) bond motifs is 1. The summed E-state index contributed by atoms with van der Waals surface area (Å²) in [5, 5.41) is 2.67. The Morgan fingerprint density at radius 3 is 2.08 bits per heavy atom. The summed E-state index contributed by atoms with van der Waals surface area (Å²) in [6.07, 6.45) is 4.44. The third-order valence-corrected chi connectivity index (χ3v) is 16.0. The molecule has 9 rings (SSSR count). The predicted molar refractivity (Wildman–Crippen MR) is 227 cm³/mol. The van der Waals surface area contributed by atoms with E-state index in [-0.39, 0.29) is 40.2 Å². The summed E-state index contributed by atoms with van der Waals surface area (Å²) in [5.41, 5.74) is 3.27. The minimum Gasteiger partial charge on any atom is -0.371 e. The smallest absolute Gasteiger partial charge is 0.262 e.